The van der Waals surface area contributed by atoms with Crippen molar-refractivity contribution in [1.29, 1.82) is 5.26 Å². The Morgan fingerprint density at radius 3 is 2.33 bits per heavy atom. The van der Waals surface area contributed by atoms with Crippen LogP contribution in [-0.4, -0.2) is 23.8 Å². The summed E-state index contributed by atoms with van der Waals surface area (Å²) in [5, 5.41) is 10.9. The molecule has 1 fully saturated rings. The first kappa shape index (κ1) is 21.0. The molecular weight excluding hydrogens is 434 g/mol. The largest absolute Gasteiger partial charge is 0.368 e. The molecule has 5 rings (SSSR count). The molecule has 0 bridgehead atoms. The van der Waals surface area contributed by atoms with Crippen LogP contribution < -0.4 is 10.6 Å². The van der Waals surface area contributed by atoms with Crippen molar-refractivity contribution in [3.05, 3.63) is 107 Å². The highest BCUT2D eigenvalue weighted by atomic mass is 35.5. The van der Waals surface area contributed by atoms with Crippen LogP contribution in [0.1, 0.15) is 27.4 Å². The number of hydrogen-bond donors (Lipinski definition) is 1. The minimum atomic E-state index is -1.70. The first-order chi connectivity index (χ1) is 16.0. The summed E-state index contributed by atoms with van der Waals surface area (Å²) in [6.45, 7) is 0. The van der Waals surface area contributed by atoms with Gasteiger partial charge in [-0.15, -0.1) is 0 Å². The highest BCUT2D eigenvalue weighted by molar-refractivity contribution is 6.31. The molecule has 2 aliphatic rings. The van der Waals surface area contributed by atoms with Crippen LogP contribution in [0.15, 0.2) is 84.9 Å². The van der Waals surface area contributed by atoms with Crippen molar-refractivity contribution in [2.24, 2.45) is 11.1 Å². The van der Waals surface area contributed by atoms with Crippen LogP contribution in [0.2, 0.25) is 5.02 Å². The monoisotopic (exact) mass is 453 g/mol. The van der Waals surface area contributed by atoms with E-state index in [0.717, 1.165) is 11.3 Å². The van der Waals surface area contributed by atoms with E-state index in [1.807, 2.05) is 41.3 Å². The number of Topliss-reactive ketones (excluding diaryl/α,β-unsaturated/α-hetero) is 1. The van der Waals surface area contributed by atoms with Gasteiger partial charge in [-0.2, -0.15) is 5.26 Å². The van der Waals surface area contributed by atoms with E-state index in [1.165, 1.54) is 0 Å². The molecule has 3 aromatic rings. The number of carbonyl (C=O) groups excluding carboxylic acids is 2. The third kappa shape index (κ3) is 2.99. The normalized spacial score (nSPS) is 25.1. The first-order valence-electron chi connectivity index (χ1n) is 10.6. The van der Waals surface area contributed by atoms with Crippen LogP contribution in [-0.2, 0) is 4.79 Å². The minimum Gasteiger partial charge on any atom is -0.368 e. The molecule has 0 spiro atoms. The van der Waals surface area contributed by atoms with Crippen molar-refractivity contribution in [1.82, 2.24) is 0 Å². The predicted octanol–water partition coefficient (Wildman–Crippen LogP) is 4.59. The topological polar surface area (TPSA) is 87.2 Å². The number of benzene rings is 3. The molecule has 1 saturated heterocycles. The summed E-state index contributed by atoms with van der Waals surface area (Å²) in [7, 11) is 0. The number of fused-ring (bicyclic) bond motifs is 3. The van der Waals surface area contributed by atoms with Crippen LogP contribution in [0.4, 0.5) is 5.69 Å². The van der Waals surface area contributed by atoms with Crippen molar-refractivity contribution < 1.29 is 9.59 Å². The summed E-state index contributed by atoms with van der Waals surface area (Å²) in [5.41, 5.74) is 6.98. The number of halogens is 1. The molecule has 0 radical (unpaired) electrons. The lowest BCUT2D eigenvalue weighted by Gasteiger charge is -2.36. The van der Waals surface area contributed by atoms with Gasteiger partial charge in [0.2, 0.25) is 5.91 Å². The maximum atomic E-state index is 14.1. The molecular formula is C27H20ClN3O2. The molecule has 3 aromatic carbocycles. The average Bonchev–Trinajstić information content (AvgIpc) is 3.16. The lowest BCUT2D eigenvalue weighted by Crippen LogP contribution is -2.49. The Labute approximate surface area is 196 Å². The number of primary amides is 1. The van der Waals surface area contributed by atoms with Crippen molar-refractivity contribution >= 4 is 35.1 Å². The van der Waals surface area contributed by atoms with Gasteiger partial charge in [-0.3, -0.25) is 9.59 Å². The number of ketones is 1. The number of nitrogens with two attached hydrogens (primary N) is 1. The lowest BCUT2D eigenvalue weighted by molar-refractivity contribution is -0.125. The Hall–Kier alpha value is -3.88. The van der Waals surface area contributed by atoms with Gasteiger partial charge < -0.3 is 10.6 Å². The van der Waals surface area contributed by atoms with Crippen LogP contribution in [0.25, 0.3) is 6.08 Å². The fourth-order valence-corrected chi connectivity index (χ4v) is 5.53. The number of nitriles is 1. The van der Waals surface area contributed by atoms with Gasteiger partial charge in [0.1, 0.15) is 6.04 Å². The van der Waals surface area contributed by atoms with Gasteiger partial charge in [0, 0.05) is 22.2 Å². The quantitative estimate of drug-likeness (QED) is 0.585. The highest BCUT2D eigenvalue weighted by Gasteiger charge is 2.66. The summed E-state index contributed by atoms with van der Waals surface area (Å²) < 4.78 is 0. The minimum absolute atomic E-state index is 0.200. The Bertz CT molecular complexity index is 1330. The predicted molar refractivity (Wildman–Crippen MR) is 128 cm³/mol. The van der Waals surface area contributed by atoms with E-state index in [-0.39, 0.29) is 5.78 Å². The van der Waals surface area contributed by atoms with Crippen molar-refractivity contribution in [2.75, 3.05) is 4.90 Å². The van der Waals surface area contributed by atoms with Gasteiger partial charge in [-0.25, -0.2) is 0 Å². The fraction of sp³-hybridized carbons (Fsp3) is 0.148. The molecule has 33 heavy (non-hydrogen) atoms. The van der Waals surface area contributed by atoms with Gasteiger partial charge in [-0.05, 0) is 23.3 Å². The summed E-state index contributed by atoms with van der Waals surface area (Å²) in [4.78, 5) is 29.1. The number of amides is 1. The summed E-state index contributed by atoms with van der Waals surface area (Å²) in [6.07, 6.45) is 3.68. The van der Waals surface area contributed by atoms with Gasteiger partial charge in [0.25, 0.3) is 0 Å². The maximum absolute atomic E-state index is 14.1. The number of nitrogens with zero attached hydrogens (tertiary/aromatic N) is 2. The molecule has 1 amide bonds. The van der Waals surface area contributed by atoms with Crippen LogP contribution >= 0.6 is 11.6 Å². The summed E-state index contributed by atoms with van der Waals surface area (Å²) in [5.74, 6) is -1.85. The number of carbonyl (C=O) groups is 2. The van der Waals surface area contributed by atoms with Crippen molar-refractivity contribution in [2.45, 2.75) is 18.0 Å². The van der Waals surface area contributed by atoms with E-state index < -0.39 is 29.3 Å². The van der Waals surface area contributed by atoms with Gasteiger partial charge in [-0.1, -0.05) is 90.5 Å². The zero-order chi connectivity index (χ0) is 23.2. The lowest BCUT2D eigenvalue weighted by atomic mass is 9.67. The van der Waals surface area contributed by atoms with Gasteiger partial charge in [0.15, 0.2) is 11.2 Å². The van der Waals surface area contributed by atoms with Crippen LogP contribution in [0.3, 0.4) is 0 Å². The fourth-order valence-electron chi connectivity index (χ4n) is 5.27. The van der Waals surface area contributed by atoms with Crippen LogP contribution in [0.5, 0.6) is 0 Å². The molecule has 0 aliphatic carbocycles. The number of anilines is 1. The van der Waals surface area contributed by atoms with E-state index in [2.05, 4.69) is 6.07 Å². The first-order valence-corrected chi connectivity index (χ1v) is 11.0. The Morgan fingerprint density at radius 2 is 1.64 bits per heavy atom. The molecule has 6 heteroatoms. The Balaban J connectivity index is 1.84. The number of rotatable bonds is 4. The molecule has 0 saturated carbocycles. The van der Waals surface area contributed by atoms with E-state index in [0.29, 0.717) is 16.1 Å². The molecule has 0 aromatic heterocycles. The zero-order valence-corrected chi connectivity index (χ0v) is 18.3. The van der Waals surface area contributed by atoms with E-state index in [4.69, 9.17) is 17.3 Å². The molecule has 4 atom stereocenters. The van der Waals surface area contributed by atoms with E-state index in [9.17, 15) is 14.9 Å². The van der Waals surface area contributed by atoms with Crippen LogP contribution in [0, 0.1) is 16.7 Å². The number of hydrogen-bond acceptors (Lipinski definition) is 4. The molecule has 162 valence electrons. The summed E-state index contributed by atoms with van der Waals surface area (Å²) in [6, 6.07) is 24.2. The van der Waals surface area contributed by atoms with Gasteiger partial charge in [0.05, 0.1) is 12.1 Å². The third-order valence-electron chi connectivity index (χ3n) is 6.71. The van der Waals surface area contributed by atoms with E-state index in [1.54, 1.807) is 54.6 Å². The SMILES string of the molecule is N#C[C@@]1(C(N)=O)C2C=Cc3ccccc3N2[C@H](C(=O)c2ccccc2)[C@H]1c1ccccc1Cl. The third-order valence-corrected chi connectivity index (χ3v) is 7.05. The standard InChI is InChI=1S/C27H20ClN3O2/c28-20-12-6-5-11-19(20)23-24(25(32)18-9-2-1-3-10-18)31-21-13-7-4-8-17(21)14-15-22(31)27(23,16-29)26(30)33/h1-15,22-24H,(H2,30,33)/t22?,23-,24+,27-/m1/s1. The van der Waals surface area contributed by atoms with E-state index >= 15 is 0 Å². The smallest absolute Gasteiger partial charge is 0.241 e. The molecule has 2 N–H and O–H groups in total. The molecule has 1 unspecified atom stereocenters. The second-order valence-electron chi connectivity index (χ2n) is 8.29. The van der Waals surface area contributed by atoms with Crippen molar-refractivity contribution in [3.8, 4) is 6.07 Å². The average molecular weight is 454 g/mol. The highest BCUT2D eigenvalue weighted by Crippen LogP contribution is 2.56. The summed E-state index contributed by atoms with van der Waals surface area (Å²) >= 11 is 6.60. The Morgan fingerprint density at radius 1 is 0.970 bits per heavy atom. The molecule has 5 nitrogen and oxygen atoms in total. The maximum Gasteiger partial charge on any atom is 0.241 e. The van der Waals surface area contributed by atoms with Crippen molar-refractivity contribution in [3.63, 3.8) is 0 Å². The molecule has 2 aliphatic heterocycles. The zero-order valence-electron chi connectivity index (χ0n) is 17.6. The second kappa shape index (κ2) is 7.91. The Kier molecular flexibility index (Phi) is 5.03. The van der Waals surface area contributed by atoms with Gasteiger partial charge >= 0.3 is 0 Å². The number of para-hydroxylation sites is 1. The molecule has 2 heterocycles. The second-order valence-corrected chi connectivity index (χ2v) is 8.70.